The summed E-state index contributed by atoms with van der Waals surface area (Å²) in [6.45, 7) is 0. The first-order valence-electron chi connectivity index (χ1n) is 5.29. The normalized spacial score (nSPS) is 11.9. The summed E-state index contributed by atoms with van der Waals surface area (Å²) in [4.78, 5) is 3.90. The zero-order valence-electron chi connectivity index (χ0n) is 9.49. The average molecular weight is 259 g/mol. The highest BCUT2D eigenvalue weighted by atomic mass is 35.5. The molecule has 1 aromatic carbocycles. The van der Waals surface area contributed by atoms with E-state index in [4.69, 9.17) is 17.3 Å². The minimum Gasteiger partial charge on any atom is -0.382 e. The van der Waals surface area contributed by atoms with Crippen molar-refractivity contribution in [2.24, 2.45) is 15.9 Å². The van der Waals surface area contributed by atoms with Gasteiger partial charge in [-0.25, -0.2) is 0 Å². The summed E-state index contributed by atoms with van der Waals surface area (Å²) >= 11 is 5.98. The molecule has 90 valence electrons. The quantitative estimate of drug-likeness (QED) is 0.522. The van der Waals surface area contributed by atoms with Gasteiger partial charge in [0, 0.05) is 28.5 Å². The Hall–Kier alpha value is -2.20. The van der Waals surface area contributed by atoms with Crippen LogP contribution in [0.2, 0.25) is 5.02 Å². The molecule has 4 nitrogen and oxygen atoms in total. The predicted octanol–water partition coefficient (Wildman–Crippen LogP) is 2.47. The smallest absolute Gasteiger partial charge is 0.153 e. The summed E-state index contributed by atoms with van der Waals surface area (Å²) in [5, 5.41) is 8.44. The van der Waals surface area contributed by atoms with Crippen molar-refractivity contribution in [3.8, 4) is 0 Å². The molecule has 0 saturated carbocycles. The van der Waals surface area contributed by atoms with E-state index in [1.165, 1.54) is 0 Å². The summed E-state index contributed by atoms with van der Waals surface area (Å²) < 4.78 is 0. The molecule has 2 aromatic rings. The Morgan fingerprint density at radius 2 is 1.89 bits per heavy atom. The van der Waals surface area contributed by atoms with Gasteiger partial charge in [0.1, 0.15) is 0 Å². The molecule has 1 aromatic heterocycles. The van der Waals surface area contributed by atoms with Crippen LogP contribution in [0.1, 0.15) is 11.1 Å². The van der Waals surface area contributed by atoms with Crippen LogP contribution in [-0.2, 0) is 0 Å². The van der Waals surface area contributed by atoms with Gasteiger partial charge in [0.05, 0.1) is 6.21 Å². The molecule has 5 heteroatoms. The lowest BCUT2D eigenvalue weighted by molar-refractivity contribution is 1.22. The lowest BCUT2D eigenvalue weighted by Gasteiger charge is -1.97. The maximum absolute atomic E-state index is 5.98. The van der Waals surface area contributed by atoms with Crippen molar-refractivity contribution in [1.82, 2.24) is 4.98 Å². The number of pyridine rings is 1. The minimum atomic E-state index is 0.334. The van der Waals surface area contributed by atoms with Crippen LogP contribution in [0.5, 0.6) is 0 Å². The molecule has 0 aliphatic carbocycles. The van der Waals surface area contributed by atoms with Crippen molar-refractivity contribution in [2.45, 2.75) is 0 Å². The zero-order valence-corrected chi connectivity index (χ0v) is 10.2. The second kappa shape index (κ2) is 5.93. The SMILES string of the molecule is N/C(=N\N=C\c1ccccc1Cl)c1ccncc1. The fourth-order valence-corrected chi connectivity index (χ4v) is 1.50. The van der Waals surface area contributed by atoms with Crippen LogP contribution in [0.25, 0.3) is 0 Å². The molecule has 0 unspecified atom stereocenters. The molecule has 0 aliphatic heterocycles. The van der Waals surface area contributed by atoms with Gasteiger partial charge in [-0.1, -0.05) is 29.8 Å². The second-order valence-electron chi connectivity index (χ2n) is 3.49. The van der Waals surface area contributed by atoms with Gasteiger partial charge in [0.15, 0.2) is 5.84 Å². The van der Waals surface area contributed by atoms with Gasteiger partial charge < -0.3 is 5.73 Å². The Labute approximate surface area is 110 Å². The Morgan fingerprint density at radius 1 is 1.17 bits per heavy atom. The largest absolute Gasteiger partial charge is 0.382 e. The van der Waals surface area contributed by atoms with Crippen LogP contribution < -0.4 is 5.73 Å². The van der Waals surface area contributed by atoms with Crippen LogP contribution in [0.4, 0.5) is 0 Å². The number of aromatic nitrogens is 1. The van der Waals surface area contributed by atoms with Gasteiger partial charge in [0.25, 0.3) is 0 Å². The van der Waals surface area contributed by atoms with E-state index in [0.29, 0.717) is 10.9 Å². The molecule has 0 fully saturated rings. The summed E-state index contributed by atoms with van der Waals surface area (Å²) in [6, 6.07) is 10.9. The molecule has 2 N–H and O–H groups in total. The summed E-state index contributed by atoms with van der Waals surface area (Å²) in [6.07, 6.45) is 4.86. The van der Waals surface area contributed by atoms with Gasteiger partial charge in [-0.15, -0.1) is 5.10 Å². The van der Waals surface area contributed by atoms with Crippen molar-refractivity contribution in [3.63, 3.8) is 0 Å². The minimum absolute atomic E-state index is 0.334. The van der Waals surface area contributed by atoms with E-state index in [-0.39, 0.29) is 0 Å². The highest BCUT2D eigenvalue weighted by molar-refractivity contribution is 6.33. The van der Waals surface area contributed by atoms with E-state index in [1.54, 1.807) is 36.8 Å². The number of hydrogen-bond donors (Lipinski definition) is 1. The Bertz CT molecular complexity index is 579. The maximum atomic E-state index is 5.98. The van der Waals surface area contributed by atoms with Gasteiger partial charge in [-0.05, 0) is 18.2 Å². The van der Waals surface area contributed by atoms with E-state index in [0.717, 1.165) is 11.1 Å². The highest BCUT2D eigenvalue weighted by Gasteiger charge is 1.96. The Balaban J connectivity index is 2.14. The van der Waals surface area contributed by atoms with Crippen LogP contribution in [0, 0.1) is 0 Å². The molecule has 0 spiro atoms. The fourth-order valence-electron chi connectivity index (χ4n) is 1.31. The van der Waals surface area contributed by atoms with E-state index < -0.39 is 0 Å². The number of nitrogens with two attached hydrogens (primary N) is 1. The molecule has 0 aliphatic rings. The van der Waals surface area contributed by atoms with Crippen LogP contribution in [0.3, 0.4) is 0 Å². The van der Waals surface area contributed by atoms with Crippen molar-refractivity contribution in [2.75, 3.05) is 0 Å². The second-order valence-corrected chi connectivity index (χ2v) is 3.89. The van der Waals surface area contributed by atoms with Crippen molar-refractivity contribution in [3.05, 3.63) is 64.9 Å². The fraction of sp³-hybridized carbons (Fsp3) is 0. The average Bonchev–Trinajstić information content (AvgIpc) is 2.42. The third kappa shape index (κ3) is 3.15. The number of nitrogens with zero attached hydrogens (tertiary/aromatic N) is 3. The van der Waals surface area contributed by atoms with Crippen LogP contribution in [0.15, 0.2) is 59.0 Å². The number of amidine groups is 1. The lowest BCUT2D eigenvalue weighted by atomic mass is 10.2. The molecule has 1 heterocycles. The molecular weight excluding hydrogens is 248 g/mol. The number of rotatable bonds is 3. The Morgan fingerprint density at radius 3 is 2.61 bits per heavy atom. The molecule has 0 radical (unpaired) electrons. The summed E-state index contributed by atoms with van der Waals surface area (Å²) in [7, 11) is 0. The first-order chi connectivity index (χ1) is 8.77. The molecule has 0 amide bonds. The first kappa shape index (κ1) is 12.3. The van der Waals surface area contributed by atoms with Gasteiger partial charge in [0.2, 0.25) is 0 Å². The molecule has 0 atom stereocenters. The zero-order chi connectivity index (χ0) is 12.8. The number of halogens is 1. The molecular formula is C13H11ClN4. The molecule has 0 saturated heterocycles. The summed E-state index contributed by atoms with van der Waals surface area (Å²) in [5.41, 5.74) is 7.35. The first-order valence-corrected chi connectivity index (χ1v) is 5.66. The van der Waals surface area contributed by atoms with Crippen molar-refractivity contribution >= 4 is 23.7 Å². The van der Waals surface area contributed by atoms with Crippen LogP contribution in [-0.4, -0.2) is 17.0 Å². The predicted molar refractivity (Wildman–Crippen MR) is 74.0 cm³/mol. The maximum Gasteiger partial charge on any atom is 0.153 e. The molecule has 18 heavy (non-hydrogen) atoms. The van der Waals surface area contributed by atoms with E-state index in [2.05, 4.69) is 15.2 Å². The monoisotopic (exact) mass is 258 g/mol. The molecule has 2 rings (SSSR count). The Kier molecular flexibility index (Phi) is 4.04. The van der Waals surface area contributed by atoms with E-state index in [1.807, 2.05) is 18.2 Å². The van der Waals surface area contributed by atoms with Crippen molar-refractivity contribution < 1.29 is 0 Å². The van der Waals surface area contributed by atoms with E-state index in [9.17, 15) is 0 Å². The highest BCUT2D eigenvalue weighted by Crippen LogP contribution is 2.12. The third-order valence-corrected chi connectivity index (χ3v) is 2.59. The standard InChI is InChI=1S/C13H11ClN4/c14-12-4-2-1-3-11(12)9-17-18-13(15)10-5-7-16-8-6-10/h1-9H,(H2,15,18)/b17-9+. The third-order valence-electron chi connectivity index (χ3n) is 2.24. The number of hydrogen-bond acceptors (Lipinski definition) is 3. The topological polar surface area (TPSA) is 63.6 Å². The van der Waals surface area contributed by atoms with Gasteiger partial charge >= 0.3 is 0 Å². The van der Waals surface area contributed by atoms with Gasteiger partial charge in [-0.3, -0.25) is 4.98 Å². The van der Waals surface area contributed by atoms with Crippen molar-refractivity contribution in [1.29, 1.82) is 0 Å². The van der Waals surface area contributed by atoms with Crippen LogP contribution >= 0.6 is 11.6 Å². The summed E-state index contributed by atoms with van der Waals surface area (Å²) in [5.74, 6) is 0.334. The van der Waals surface area contributed by atoms with Gasteiger partial charge in [-0.2, -0.15) is 5.10 Å². The lowest BCUT2D eigenvalue weighted by Crippen LogP contribution is -2.12. The van der Waals surface area contributed by atoms with E-state index >= 15 is 0 Å². The number of benzene rings is 1. The molecule has 0 bridgehead atoms.